The van der Waals surface area contributed by atoms with Crippen LogP contribution in [0.25, 0.3) is 0 Å². The number of ether oxygens (including phenoxy) is 1. The summed E-state index contributed by atoms with van der Waals surface area (Å²) in [5, 5.41) is 0.760. The SMILES string of the molecule is CCOC(=O)c1c(N=Cc2ccc(N3CCCC3)c(C)c2)sc2c1CCN(Cc1ccccc1)C2. The second kappa shape index (κ2) is 10.8. The third-order valence-corrected chi connectivity index (χ3v) is 7.97. The van der Waals surface area contributed by atoms with Crippen molar-refractivity contribution in [1.29, 1.82) is 0 Å². The maximum Gasteiger partial charge on any atom is 0.341 e. The van der Waals surface area contributed by atoms with E-state index in [1.54, 1.807) is 11.3 Å². The number of aryl methyl sites for hydroxylation is 1. The largest absolute Gasteiger partial charge is 0.462 e. The first-order chi connectivity index (χ1) is 17.1. The Balaban J connectivity index is 1.39. The van der Waals surface area contributed by atoms with Crippen molar-refractivity contribution in [2.75, 3.05) is 31.1 Å². The van der Waals surface area contributed by atoms with Gasteiger partial charge in [0.05, 0.1) is 12.2 Å². The zero-order chi connectivity index (χ0) is 24.2. The van der Waals surface area contributed by atoms with E-state index in [1.165, 1.54) is 34.5 Å². The average molecular weight is 488 g/mol. The number of esters is 1. The van der Waals surface area contributed by atoms with Crippen LogP contribution < -0.4 is 4.90 Å². The third kappa shape index (κ3) is 5.34. The number of carbonyl (C=O) groups excluding carboxylic acids is 1. The molecule has 0 amide bonds. The lowest BCUT2D eigenvalue weighted by atomic mass is 10.0. The van der Waals surface area contributed by atoms with Crippen LogP contribution in [0.4, 0.5) is 10.7 Å². The first kappa shape index (κ1) is 23.8. The fraction of sp³-hybridized carbons (Fsp3) is 0.379. The van der Waals surface area contributed by atoms with Gasteiger partial charge in [0, 0.05) is 49.5 Å². The third-order valence-electron chi connectivity index (χ3n) is 6.84. The summed E-state index contributed by atoms with van der Waals surface area (Å²) in [6.45, 7) is 9.33. The molecule has 0 spiro atoms. The van der Waals surface area contributed by atoms with Crippen molar-refractivity contribution >= 4 is 34.2 Å². The Morgan fingerprint density at radius 3 is 2.66 bits per heavy atom. The second-order valence-corrected chi connectivity index (χ2v) is 10.4. The number of rotatable bonds is 7. The first-order valence-electron chi connectivity index (χ1n) is 12.6. The molecule has 2 aromatic carbocycles. The Bertz CT molecular complexity index is 1210. The Kier molecular flexibility index (Phi) is 7.30. The highest BCUT2D eigenvalue weighted by Gasteiger charge is 2.28. The molecule has 0 N–H and O–H groups in total. The van der Waals surface area contributed by atoms with Crippen molar-refractivity contribution in [2.45, 2.75) is 46.2 Å². The van der Waals surface area contributed by atoms with Gasteiger partial charge in [-0.3, -0.25) is 4.90 Å². The Morgan fingerprint density at radius 2 is 1.91 bits per heavy atom. The number of aliphatic imine (C=N–C) groups is 1. The van der Waals surface area contributed by atoms with Gasteiger partial charge in [-0.15, -0.1) is 11.3 Å². The molecule has 1 saturated heterocycles. The second-order valence-electron chi connectivity index (χ2n) is 9.35. The molecule has 0 radical (unpaired) electrons. The van der Waals surface area contributed by atoms with E-state index in [1.807, 2.05) is 13.1 Å². The molecule has 0 unspecified atom stereocenters. The molecule has 1 aromatic heterocycles. The summed E-state index contributed by atoms with van der Waals surface area (Å²) in [7, 11) is 0. The van der Waals surface area contributed by atoms with Gasteiger partial charge >= 0.3 is 5.97 Å². The number of hydrogen-bond donors (Lipinski definition) is 0. The molecule has 0 bridgehead atoms. The summed E-state index contributed by atoms with van der Waals surface area (Å²) in [4.78, 5) is 23.9. The molecular weight excluding hydrogens is 454 g/mol. The van der Waals surface area contributed by atoms with Gasteiger partial charge < -0.3 is 9.64 Å². The number of carbonyl (C=O) groups is 1. The standard InChI is InChI=1S/C29H33N3O2S/c1-3-34-29(33)27-24-13-16-31(19-22-9-5-4-6-10-22)20-26(24)35-28(27)30-18-23-11-12-25(21(2)17-23)32-14-7-8-15-32/h4-6,9-12,17-18H,3,7-8,13-16,19-20H2,1-2H3. The molecular formula is C29H33N3O2S. The lowest BCUT2D eigenvalue weighted by Crippen LogP contribution is -2.29. The molecule has 5 nitrogen and oxygen atoms in total. The van der Waals surface area contributed by atoms with E-state index in [-0.39, 0.29) is 5.97 Å². The van der Waals surface area contributed by atoms with Crippen molar-refractivity contribution in [3.63, 3.8) is 0 Å². The molecule has 5 rings (SSSR count). The van der Waals surface area contributed by atoms with Crippen LogP contribution in [0.2, 0.25) is 0 Å². The van der Waals surface area contributed by atoms with Crippen LogP contribution in [0.5, 0.6) is 0 Å². The number of hydrogen-bond acceptors (Lipinski definition) is 6. The van der Waals surface area contributed by atoms with Gasteiger partial charge in [0.25, 0.3) is 0 Å². The molecule has 3 aromatic rings. The van der Waals surface area contributed by atoms with Gasteiger partial charge in [0.1, 0.15) is 5.00 Å². The predicted molar refractivity (Wildman–Crippen MR) is 144 cm³/mol. The number of anilines is 1. The topological polar surface area (TPSA) is 45.1 Å². The van der Waals surface area contributed by atoms with Crippen molar-refractivity contribution in [1.82, 2.24) is 4.90 Å². The van der Waals surface area contributed by atoms with Crippen LogP contribution in [0.3, 0.4) is 0 Å². The van der Waals surface area contributed by atoms with E-state index in [0.29, 0.717) is 12.2 Å². The van der Waals surface area contributed by atoms with Gasteiger partial charge in [0.15, 0.2) is 0 Å². The fourth-order valence-electron chi connectivity index (χ4n) is 5.13. The summed E-state index contributed by atoms with van der Waals surface area (Å²) in [6, 6.07) is 17.1. The van der Waals surface area contributed by atoms with Crippen LogP contribution in [0.15, 0.2) is 53.5 Å². The molecule has 6 heteroatoms. The highest BCUT2D eigenvalue weighted by molar-refractivity contribution is 7.16. The molecule has 3 heterocycles. The smallest absolute Gasteiger partial charge is 0.341 e. The molecule has 1 fully saturated rings. The van der Waals surface area contributed by atoms with Gasteiger partial charge in [-0.05, 0) is 67.5 Å². The predicted octanol–water partition coefficient (Wildman–Crippen LogP) is 6.14. The van der Waals surface area contributed by atoms with Crippen LogP contribution in [0.1, 0.15) is 57.3 Å². The van der Waals surface area contributed by atoms with Crippen molar-refractivity contribution < 1.29 is 9.53 Å². The summed E-state index contributed by atoms with van der Waals surface area (Å²) in [5.74, 6) is -0.255. The monoisotopic (exact) mass is 487 g/mol. The van der Waals surface area contributed by atoms with Gasteiger partial charge in [-0.1, -0.05) is 36.4 Å². The molecule has 35 heavy (non-hydrogen) atoms. The lowest BCUT2D eigenvalue weighted by molar-refractivity contribution is 0.0526. The zero-order valence-corrected chi connectivity index (χ0v) is 21.4. The molecule has 0 aliphatic carbocycles. The average Bonchev–Trinajstić information content (AvgIpc) is 3.51. The van der Waals surface area contributed by atoms with E-state index < -0.39 is 0 Å². The number of thiophene rings is 1. The minimum absolute atomic E-state index is 0.255. The lowest BCUT2D eigenvalue weighted by Gasteiger charge is -2.27. The Hall–Kier alpha value is -2.96. The van der Waals surface area contributed by atoms with E-state index in [2.05, 4.69) is 65.3 Å². The highest BCUT2D eigenvalue weighted by atomic mass is 32.1. The summed E-state index contributed by atoms with van der Waals surface area (Å²) in [5.41, 5.74) is 6.72. The zero-order valence-electron chi connectivity index (χ0n) is 20.6. The highest BCUT2D eigenvalue weighted by Crippen LogP contribution is 2.40. The maximum absolute atomic E-state index is 12.9. The number of nitrogens with zero attached hydrogens (tertiary/aromatic N) is 3. The van der Waals surface area contributed by atoms with Crippen LogP contribution in [-0.4, -0.2) is 43.3 Å². The molecule has 0 atom stereocenters. The van der Waals surface area contributed by atoms with Crippen LogP contribution in [0, 0.1) is 6.92 Å². The van der Waals surface area contributed by atoms with E-state index in [0.717, 1.165) is 55.3 Å². The first-order valence-corrected chi connectivity index (χ1v) is 13.4. The van der Waals surface area contributed by atoms with Gasteiger partial charge in [0.2, 0.25) is 0 Å². The maximum atomic E-state index is 12.9. The molecule has 2 aliphatic heterocycles. The normalized spacial score (nSPS) is 16.1. The molecule has 2 aliphatic rings. The van der Waals surface area contributed by atoms with E-state index in [4.69, 9.17) is 9.73 Å². The summed E-state index contributed by atoms with van der Waals surface area (Å²) < 4.78 is 5.43. The van der Waals surface area contributed by atoms with Crippen LogP contribution in [-0.2, 0) is 24.2 Å². The van der Waals surface area contributed by atoms with E-state index in [9.17, 15) is 4.79 Å². The Labute approximate surface area is 212 Å². The minimum atomic E-state index is -0.255. The van der Waals surface area contributed by atoms with Gasteiger partial charge in [-0.2, -0.15) is 0 Å². The Morgan fingerprint density at radius 1 is 1.11 bits per heavy atom. The quantitative estimate of drug-likeness (QED) is 0.297. The van der Waals surface area contributed by atoms with Gasteiger partial charge in [-0.25, -0.2) is 9.79 Å². The van der Waals surface area contributed by atoms with Crippen LogP contribution >= 0.6 is 11.3 Å². The fourth-order valence-corrected chi connectivity index (χ4v) is 6.35. The number of benzene rings is 2. The van der Waals surface area contributed by atoms with Crippen molar-refractivity contribution in [3.05, 3.63) is 81.2 Å². The summed E-state index contributed by atoms with van der Waals surface area (Å²) in [6.07, 6.45) is 5.27. The number of fused-ring (bicyclic) bond motifs is 1. The summed E-state index contributed by atoms with van der Waals surface area (Å²) >= 11 is 1.63. The van der Waals surface area contributed by atoms with Crippen molar-refractivity contribution in [3.8, 4) is 0 Å². The van der Waals surface area contributed by atoms with Crippen molar-refractivity contribution in [2.24, 2.45) is 4.99 Å². The minimum Gasteiger partial charge on any atom is -0.462 e. The molecule has 182 valence electrons. The molecule has 0 saturated carbocycles. The van der Waals surface area contributed by atoms with E-state index >= 15 is 0 Å².